The largest absolute Gasteiger partial charge is 0.343 e. The van der Waals surface area contributed by atoms with Gasteiger partial charge in [-0.15, -0.1) is 0 Å². The molecule has 2 aromatic heterocycles. The highest BCUT2D eigenvalue weighted by atomic mass is 16.1. The SMILES string of the molecule is Cc1cc2c(=O)n(Cc3ccccc3C#N)cnc2[nH]1. The van der Waals surface area contributed by atoms with Crippen LogP contribution in [0.25, 0.3) is 11.0 Å². The van der Waals surface area contributed by atoms with E-state index in [-0.39, 0.29) is 5.56 Å². The number of rotatable bonds is 2. The maximum atomic E-state index is 12.4. The molecule has 0 radical (unpaired) electrons. The van der Waals surface area contributed by atoms with E-state index in [4.69, 9.17) is 5.26 Å². The van der Waals surface area contributed by atoms with Gasteiger partial charge in [-0.3, -0.25) is 9.36 Å². The Balaban J connectivity index is 2.10. The minimum Gasteiger partial charge on any atom is -0.343 e. The quantitative estimate of drug-likeness (QED) is 0.768. The number of benzene rings is 1. The van der Waals surface area contributed by atoms with Gasteiger partial charge < -0.3 is 4.98 Å². The lowest BCUT2D eigenvalue weighted by Gasteiger charge is -2.06. The molecule has 0 aliphatic carbocycles. The molecule has 0 bridgehead atoms. The smallest absolute Gasteiger partial charge is 0.263 e. The zero-order chi connectivity index (χ0) is 14.1. The third kappa shape index (κ3) is 1.97. The number of aromatic nitrogens is 3. The zero-order valence-electron chi connectivity index (χ0n) is 10.9. The molecule has 0 unspecified atom stereocenters. The summed E-state index contributed by atoms with van der Waals surface area (Å²) in [5.74, 6) is 0. The molecule has 0 spiro atoms. The van der Waals surface area contributed by atoms with Crippen molar-refractivity contribution in [3.05, 3.63) is 63.8 Å². The van der Waals surface area contributed by atoms with E-state index in [1.165, 1.54) is 10.9 Å². The molecule has 1 N–H and O–H groups in total. The van der Waals surface area contributed by atoms with Gasteiger partial charge in [-0.2, -0.15) is 5.26 Å². The fourth-order valence-corrected chi connectivity index (χ4v) is 2.24. The molecule has 0 saturated heterocycles. The van der Waals surface area contributed by atoms with Gasteiger partial charge >= 0.3 is 0 Å². The summed E-state index contributed by atoms with van der Waals surface area (Å²) in [6.07, 6.45) is 1.51. The van der Waals surface area contributed by atoms with Gasteiger partial charge in [0.2, 0.25) is 0 Å². The van der Waals surface area contributed by atoms with Crippen LogP contribution in [0.15, 0.2) is 41.5 Å². The lowest BCUT2D eigenvalue weighted by Crippen LogP contribution is -2.21. The summed E-state index contributed by atoms with van der Waals surface area (Å²) < 4.78 is 1.52. The van der Waals surface area contributed by atoms with Crippen LogP contribution in [0.2, 0.25) is 0 Å². The maximum absolute atomic E-state index is 12.4. The van der Waals surface area contributed by atoms with E-state index in [1.807, 2.05) is 25.1 Å². The molecular formula is C15H12N4O. The highest BCUT2D eigenvalue weighted by Gasteiger charge is 2.08. The second kappa shape index (κ2) is 4.67. The van der Waals surface area contributed by atoms with Gasteiger partial charge in [0.15, 0.2) is 0 Å². The topological polar surface area (TPSA) is 74.5 Å². The number of hydrogen-bond acceptors (Lipinski definition) is 3. The van der Waals surface area contributed by atoms with Crippen molar-refractivity contribution in [2.45, 2.75) is 13.5 Å². The first-order valence-corrected chi connectivity index (χ1v) is 6.22. The van der Waals surface area contributed by atoms with Gasteiger partial charge in [0.1, 0.15) is 12.0 Å². The van der Waals surface area contributed by atoms with Crippen LogP contribution in [0.4, 0.5) is 0 Å². The predicted octanol–water partition coefficient (Wildman–Crippen LogP) is 1.95. The van der Waals surface area contributed by atoms with E-state index in [2.05, 4.69) is 16.0 Å². The normalized spacial score (nSPS) is 10.6. The number of nitrogens with one attached hydrogen (secondary N) is 1. The maximum Gasteiger partial charge on any atom is 0.263 e. The number of aromatic amines is 1. The molecule has 20 heavy (non-hydrogen) atoms. The summed E-state index contributed by atoms with van der Waals surface area (Å²) in [6.45, 7) is 2.23. The van der Waals surface area contributed by atoms with E-state index in [9.17, 15) is 4.79 Å². The average Bonchev–Trinajstić information content (AvgIpc) is 2.84. The van der Waals surface area contributed by atoms with Gasteiger partial charge in [0.25, 0.3) is 5.56 Å². The van der Waals surface area contributed by atoms with Crippen molar-refractivity contribution >= 4 is 11.0 Å². The number of nitrogens with zero attached hydrogens (tertiary/aromatic N) is 3. The zero-order valence-corrected chi connectivity index (χ0v) is 10.9. The third-order valence-electron chi connectivity index (χ3n) is 3.23. The van der Waals surface area contributed by atoms with Gasteiger partial charge in [0, 0.05) is 5.69 Å². The second-order valence-electron chi connectivity index (χ2n) is 4.66. The van der Waals surface area contributed by atoms with Gasteiger partial charge in [0.05, 0.1) is 23.6 Å². The van der Waals surface area contributed by atoms with Crippen molar-refractivity contribution in [1.29, 1.82) is 5.26 Å². The van der Waals surface area contributed by atoms with Crippen molar-refractivity contribution in [1.82, 2.24) is 14.5 Å². The Morgan fingerprint density at radius 3 is 3.00 bits per heavy atom. The fraction of sp³-hybridized carbons (Fsp3) is 0.133. The lowest BCUT2D eigenvalue weighted by atomic mass is 10.1. The summed E-state index contributed by atoms with van der Waals surface area (Å²) >= 11 is 0. The Hall–Kier alpha value is -2.87. The number of aryl methyl sites for hydroxylation is 1. The Labute approximate surface area is 115 Å². The standard InChI is InChI=1S/C15H12N4O/c1-10-6-13-14(18-10)17-9-19(15(13)20)8-12-5-3-2-4-11(12)7-16/h2-6,9,18H,8H2,1H3. The number of nitriles is 1. The first kappa shape index (κ1) is 12.2. The predicted molar refractivity (Wildman–Crippen MR) is 75.3 cm³/mol. The Morgan fingerprint density at radius 2 is 2.20 bits per heavy atom. The molecular weight excluding hydrogens is 252 g/mol. The van der Waals surface area contributed by atoms with E-state index < -0.39 is 0 Å². The van der Waals surface area contributed by atoms with Crippen LogP contribution >= 0.6 is 0 Å². The number of fused-ring (bicyclic) bond motifs is 1. The molecule has 0 aliphatic rings. The third-order valence-corrected chi connectivity index (χ3v) is 3.23. The van der Waals surface area contributed by atoms with Gasteiger partial charge in [-0.1, -0.05) is 18.2 Å². The molecule has 0 amide bonds. The van der Waals surface area contributed by atoms with Crippen LogP contribution in [0.3, 0.4) is 0 Å². The second-order valence-corrected chi connectivity index (χ2v) is 4.66. The van der Waals surface area contributed by atoms with E-state index in [0.29, 0.717) is 23.1 Å². The summed E-state index contributed by atoms with van der Waals surface area (Å²) in [5, 5.41) is 9.65. The van der Waals surface area contributed by atoms with Crippen molar-refractivity contribution < 1.29 is 0 Å². The first-order chi connectivity index (χ1) is 9.69. The van der Waals surface area contributed by atoms with E-state index >= 15 is 0 Å². The first-order valence-electron chi connectivity index (χ1n) is 6.22. The van der Waals surface area contributed by atoms with Gasteiger partial charge in [-0.05, 0) is 24.6 Å². The molecule has 98 valence electrons. The van der Waals surface area contributed by atoms with Crippen molar-refractivity contribution in [2.24, 2.45) is 0 Å². The Morgan fingerprint density at radius 1 is 1.40 bits per heavy atom. The van der Waals surface area contributed by atoms with Crippen molar-refractivity contribution in [3.8, 4) is 6.07 Å². The molecule has 0 atom stereocenters. The van der Waals surface area contributed by atoms with Crippen LogP contribution in [0.5, 0.6) is 0 Å². The Kier molecular flexibility index (Phi) is 2.84. The minimum absolute atomic E-state index is 0.105. The molecule has 5 heteroatoms. The summed E-state index contributed by atoms with van der Waals surface area (Å²) in [5.41, 5.74) is 2.78. The Bertz CT molecular complexity index is 883. The number of hydrogen-bond donors (Lipinski definition) is 1. The molecule has 0 aliphatic heterocycles. The molecule has 1 aromatic carbocycles. The van der Waals surface area contributed by atoms with Crippen LogP contribution in [0, 0.1) is 18.3 Å². The molecule has 0 fully saturated rings. The fourth-order valence-electron chi connectivity index (χ4n) is 2.24. The average molecular weight is 264 g/mol. The monoisotopic (exact) mass is 264 g/mol. The highest BCUT2D eigenvalue weighted by Crippen LogP contribution is 2.10. The van der Waals surface area contributed by atoms with Crippen molar-refractivity contribution in [3.63, 3.8) is 0 Å². The summed E-state index contributed by atoms with van der Waals surface area (Å²) in [4.78, 5) is 19.6. The minimum atomic E-state index is -0.105. The van der Waals surface area contributed by atoms with Crippen LogP contribution < -0.4 is 5.56 Å². The molecule has 2 heterocycles. The van der Waals surface area contributed by atoms with Crippen molar-refractivity contribution in [2.75, 3.05) is 0 Å². The summed E-state index contributed by atoms with van der Waals surface area (Å²) in [6, 6.07) is 11.2. The highest BCUT2D eigenvalue weighted by molar-refractivity contribution is 5.75. The van der Waals surface area contributed by atoms with Crippen LogP contribution in [-0.4, -0.2) is 14.5 Å². The molecule has 5 nitrogen and oxygen atoms in total. The number of H-pyrrole nitrogens is 1. The lowest BCUT2D eigenvalue weighted by molar-refractivity contribution is 0.746. The van der Waals surface area contributed by atoms with Crippen LogP contribution in [-0.2, 0) is 6.54 Å². The van der Waals surface area contributed by atoms with Gasteiger partial charge in [-0.25, -0.2) is 4.98 Å². The van der Waals surface area contributed by atoms with Crippen LogP contribution in [0.1, 0.15) is 16.8 Å². The summed E-state index contributed by atoms with van der Waals surface area (Å²) in [7, 11) is 0. The molecule has 3 rings (SSSR count). The van der Waals surface area contributed by atoms with E-state index in [1.54, 1.807) is 12.1 Å². The molecule has 0 saturated carbocycles. The molecule has 3 aromatic rings. The van der Waals surface area contributed by atoms with E-state index in [0.717, 1.165) is 11.3 Å².